The zero-order chi connectivity index (χ0) is 23.2. The van der Waals surface area contributed by atoms with Gasteiger partial charge in [-0.3, -0.25) is 4.79 Å². The largest absolute Gasteiger partial charge is 0.489 e. The third kappa shape index (κ3) is 5.69. The number of Topliss-reactive ketones (excluding diaryl/α,β-unsaturated/α-hetero) is 1. The monoisotopic (exact) mass is 447 g/mol. The molecule has 1 aliphatic rings. The van der Waals surface area contributed by atoms with Gasteiger partial charge in [0.25, 0.3) is 0 Å². The van der Waals surface area contributed by atoms with Gasteiger partial charge in [0.05, 0.1) is 16.8 Å². The lowest BCUT2D eigenvalue weighted by molar-refractivity contribution is 0.0474. The van der Waals surface area contributed by atoms with Crippen LogP contribution in [0.25, 0.3) is 0 Å². The number of hydrogen-bond acceptors (Lipinski definition) is 6. The average Bonchev–Trinajstić information content (AvgIpc) is 3.18. The Hall–Kier alpha value is -3.41. The van der Waals surface area contributed by atoms with Gasteiger partial charge >= 0.3 is 5.97 Å². The molecular weight excluding hydrogens is 418 g/mol. The Morgan fingerprint density at radius 2 is 1.76 bits per heavy atom. The van der Waals surface area contributed by atoms with Crippen molar-refractivity contribution >= 4 is 11.8 Å². The summed E-state index contributed by atoms with van der Waals surface area (Å²) in [6.45, 7) is 3.66. The van der Waals surface area contributed by atoms with Crippen molar-refractivity contribution in [3.63, 3.8) is 0 Å². The van der Waals surface area contributed by atoms with Crippen LogP contribution in [0.5, 0.6) is 5.75 Å². The average molecular weight is 448 g/mol. The third-order valence-electron chi connectivity index (χ3n) is 6.28. The number of carbonyl (C=O) groups excluding carboxylic acids is 2. The van der Waals surface area contributed by atoms with E-state index in [4.69, 9.17) is 14.0 Å². The summed E-state index contributed by atoms with van der Waals surface area (Å²) in [5.41, 5.74) is 3.82. The van der Waals surface area contributed by atoms with E-state index in [0.717, 1.165) is 11.3 Å². The summed E-state index contributed by atoms with van der Waals surface area (Å²) >= 11 is 0. The van der Waals surface area contributed by atoms with Crippen LogP contribution in [0.4, 0.5) is 0 Å². The first-order chi connectivity index (χ1) is 16.0. The highest BCUT2D eigenvalue weighted by Crippen LogP contribution is 2.32. The fourth-order valence-corrected chi connectivity index (χ4v) is 4.25. The molecule has 1 heterocycles. The molecule has 4 rings (SSSR count). The van der Waals surface area contributed by atoms with Crippen LogP contribution in [-0.2, 0) is 11.3 Å². The van der Waals surface area contributed by atoms with Gasteiger partial charge in [-0.1, -0.05) is 54.8 Å². The van der Waals surface area contributed by atoms with Crippen LogP contribution < -0.4 is 4.74 Å². The Morgan fingerprint density at radius 3 is 2.45 bits per heavy atom. The summed E-state index contributed by atoms with van der Waals surface area (Å²) in [6.07, 6.45) is 6.28. The summed E-state index contributed by atoms with van der Waals surface area (Å²) in [6, 6.07) is 14.4. The topological polar surface area (TPSA) is 78.6 Å². The Balaban J connectivity index is 1.31. The predicted octanol–water partition coefficient (Wildman–Crippen LogP) is 5.96. The number of nitrogens with zero attached hydrogens (tertiary/aromatic N) is 1. The molecule has 0 radical (unpaired) electrons. The fraction of sp³-hybridized carbons (Fsp3) is 0.370. The molecule has 1 aromatic heterocycles. The summed E-state index contributed by atoms with van der Waals surface area (Å²) in [5, 5.41) is 3.91. The zero-order valence-electron chi connectivity index (χ0n) is 19.1. The lowest BCUT2D eigenvalue weighted by Crippen LogP contribution is -2.14. The van der Waals surface area contributed by atoms with Crippen molar-refractivity contribution < 1.29 is 23.6 Å². The number of ether oxygens (including phenoxy) is 2. The predicted molar refractivity (Wildman–Crippen MR) is 124 cm³/mol. The smallest absolute Gasteiger partial charge is 0.338 e. The number of rotatable bonds is 8. The molecule has 0 saturated heterocycles. The summed E-state index contributed by atoms with van der Waals surface area (Å²) in [4.78, 5) is 25.0. The van der Waals surface area contributed by atoms with E-state index in [-0.39, 0.29) is 19.0 Å². The second-order valence-electron chi connectivity index (χ2n) is 8.58. The number of ketones is 1. The Labute approximate surface area is 193 Å². The van der Waals surface area contributed by atoms with Crippen LogP contribution >= 0.6 is 0 Å². The molecule has 1 aliphatic carbocycles. The van der Waals surface area contributed by atoms with Gasteiger partial charge in [0.2, 0.25) is 0 Å². The summed E-state index contributed by atoms with van der Waals surface area (Å²) < 4.78 is 16.2. The molecular formula is C27H29NO5. The quantitative estimate of drug-likeness (QED) is 0.313. The molecule has 3 aromatic rings. The summed E-state index contributed by atoms with van der Waals surface area (Å²) in [5.74, 6) is 1.03. The maximum Gasteiger partial charge on any atom is 0.338 e. The molecule has 0 atom stereocenters. The lowest BCUT2D eigenvalue weighted by atomic mass is 9.84. The molecule has 1 fully saturated rings. The van der Waals surface area contributed by atoms with E-state index in [9.17, 15) is 9.59 Å². The first kappa shape index (κ1) is 22.8. The van der Waals surface area contributed by atoms with E-state index in [2.05, 4.69) is 5.16 Å². The number of carbonyl (C=O) groups is 2. The molecule has 6 nitrogen and oxygen atoms in total. The molecule has 0 amide bonds. The Morgan fingerprint density at radius 1 is 1.00 bits per heavy atom. The first-order valence-corrected chi connectivity index (χ1v) is 11.5. The highest BCUT2D eigenvalue weighted by Gasteiger charge is 2.17. The number of benzene rings is 2. The van der Waals surface area contributed by atoms with Crippen molar-refractivity contribution in [3.8, 4) is 5.75 Å². The minimum Gasteiger partial charge on any atom is -0.489 e. The molecule has 0 unspecified atom stereocenters. The van der Waals surface area contributed by atoms with Crippen molar-refractivity contribution in [1.29, 1.82) is 0 Å². The van der Waals surface area contributed by atoms with E-state index in [0.29, 0.717) is 28.6 Å². The van der Waals surface area contributed by atoms with E-state index in [1.165, 1.54) is 37.7 Å². The fourth-order valence-electron chi connectivity index (χ4n) is 4.25. The highest BCUT2D eigenvalue weighted by molar-refractivity contribution is 5.99. The molecule has 0 bridgehead atoms. The van der Waals surface area contributed by atoms with Gasteiger partial charge in [-0.2, -0.15) is 0 Å². The zero-order valence-corrected chi connectivity index (χ0v) is 19.1. The maximum absolute atomic E-state index is 12.5. The maximum atomic E-state index is 12.5. The number of esters is 1. The van der Waals surface area contributed by atoms with Crippen LogP contribution in [0, 0.1) is 13.8 Å². The summed E-state index contributed by atoms with van der Waals surface area (Å²) in [7, 11) is 0. The molecule has 2 aromatic carbocycles. The standard InChI is InChI=1S/C27H29NO5/c1-18-25(19(2)33-28-18)16-31-24-10-6-9-23(15-24)27(30)32-17-26(29)22-13-11-21(12-14-22)20-7-4-3-5-8-20/h6,9-15,20H,3-5,7-8,16-17H2,1-2H3. The van der Waals surface area contributed by atoms with Crippen LogP contribution in [0.1, 0.15) is 81.3 Å². The molecule has 172 valence electrons. The van der Waals surface area contributed by atoms with Crippen LogP contribution in [0.2, 0.25) is 0 Å². The van der Waals surface area contributed by atoms with Crippen LogP contribution in [0.3, 0.4) is 0 Å². The van der Waals surface area contributed by atoms with E-state index < -0.39 is 5.97 Å². The molecule has 0 aliphatic heterocycles. The second kappa shape index (κ2) is 10.5. The molecule has 0 spiro atoms. The minimum atomic E-state index is -0.565. The molecule has 33 heavy (non-hydrogen) atoms. The minimum absolute atomic E-state index is 0.218. The van der Waals surface area contributed by atoms with Gasteiger partial charge in [0.1, 0.15) is 18.1 Å². The van der Waals surface area contributed by atoms with Gasteiger partial charge in [-0.15, -0.1) is 0 Å². The number of aromatic nitrogens is 1. The van der Waals surface area contributed by atoms with Crippen molar-refractivity contribution in [1.82, 2.24) is 5.16 Å². The Kier molecular flexibility index (Phi) is 7.23. The normalized spacial score (nSPS) is 14.1. The lowest BCUT2D eigenvalue weighted by Gasteiger charge is -2.22. The van der Waals surface area contributed by atoms with Crippen molar-refractivity contribution in [3.05, 3.63) is 82.2 Å². The molecule has 0 N–H and O–H groups in total. The van der Waals surface area contributed by atoms with E-state index in [1.807, 2.05) is 38.1 Å². The van der Waals surface area contributed by atoms with Gasteiger partial charge in [0.15, 0.2) is 12.4 Å². The van der Waals surface area contributed by atoms with Gasteiger partial charge in [-0.05, 0) is 56.4 Å². The molecule has 1 saturated carbocycles. The second-order valence-corrected chi connectivity index (χ2v) is 8.58. The SMILES string of the molecule is Cc1noc(C)c1COc1cccc(C(=O)OCC(=O)c2ccc(C3CCCCC3)cc2)c1. The van der Waals surface area contributed by atoms with Crippen LogP contribution in [-0.4, -0.2) is 23.5 Å². The van der Waals surface area contributed by atoms with Crippen molar-refractivity contribution in [2.75, 3.05) is 6.61 Å². The van der Waals surface area contributed by atoms with Gasteiger partial charge in [0, 0.05) is 5.56 Å². The van der Waals surface area contributed by atoms with Gasteiger partial charge < -0.3 is 14.0 Å². The van der Waals surface area contributed by atoms with Crippen LogP contribution in [0.15, 0.2) is 53.1 Å². The van der Waals surface area contributed by atoms with Gasteiger partial charge in [-0.25, -0.2) is 4.79 Å². The number of aryl methyl sites for hydroxylation is 2. The third-order valence-corrected chi connectivity index (χ3v) is 6.28. The first-order valence-electron chi connectivity index (χ1n) is 11.5. The van der Waals surface area contributed by atoms with Crippen molar-refractivity contribution in [2.45, 2.75) is 58.5 Å². The molecule has 6 heteroatoms. The Bertz CT molecular complexity index is 1090. The highest BCUT2D eigenvalue weighted by atomic mass is 16.5. The van der Waals surface area contributed by atoms with E-state index in [1.54, 1.807) is 24.3 Å². The number of hydrogen-bond donors (Lipinski definition) is 0. The van der Waals surface area contributed by atoms with Crippen molar-refractivity contribution in [2.24, 2.45) is 0 Å². The van der Waals surface area contributed by atoms with E-state index >= 15 is 0 Å².